The van der Waals surface area contributed by atoms with Crippen LogP contribution in [0.5, 0.6) is 0 Å². The Morgan fingerprint density at radius 1 is 1.40 bits per heavy atom. The van der Waals surface area contributed by atoms with E-state index in [-0.39, 0.29) is 30.9 Å². The number of hydrogen-bond donors (Lipinski definition) is 2. The van der Waals surface area contributed by atoms with E-state index in [1.165, 1.54) is 5.56 Å². The number of fused-ring (bicyclic) bond motifs is 1. The molecule has 0 aliphatic rings. The summed E-state index contributed by atoms with van der Waals surface area (Å²) in [7, 11) is 0. The Hall–Kier alpha value is -0.770. The SMILES string of the molecule is CC(N)Cc1ccc2nc[nH]c2c1.Cl.Cl. The number of nitrogens with zero attached hydrogens (tertiary/aromatic N) is 1. The minimum atomic E-state index is 0. The molecule has 5 heteroatoms. The van der Waals surface area contributed by atoms with Crippen molar-refractivity contribution in [1.82, 2.24) is 9.97 Å². The molecule has 0 spiro atoms. The maximum absolute atomic E-state index is 5.72. The van der Waals surface area contributed by atoms with E-state index in [0.717, 1.165) is 17.5 Å². The second kappa shape index (κ2) is 5.95. The molecule has 0 saturated carbocycles. The zero-order chi connectivity index (χ0) is 9.26. The van der Waals surface area contributed by atoms with Gasteiger partial charge >= 0.3 is 0 Å². The highest BCUT2D eigenvalue weighted by Crippen LogP contribution is 2.12. The molecule has 1 atom stereocenters. The number of benzene rings is 1. The van der Waals surface area contributed by atoms with Crippen molar-refractivity contribution in [2.75, 3.05) is 0 Å². The molecule has 2 rings (SSSR count). The van der Waals surface area contributed by atoms with Crippen LogP contribution in [-0.2, 0) is 6.42 Å². The molecule has 1 unspecified atom stereocenters. The zero-order valence-corrected chi connectivity index (χ0v) is 10.1. The van der Waals surface area contributed by atoms with Crippen LogP contribution in [0.25, 0.3) is 11.0 Å². The summed E-state index contributed by atoms with van der Waals surface area (Å²) in [5.74, 6) is 0. The van der Waals surface area contributed by atoms with E-state index in [4.69, 9.17) is 5.73 Å². The Kier molecular flexibility index (Phi) is 5.65. The summed E-state index contributed by atoms with van der Waals surface area (Å²) in [4.78, 5) is 7.23. The third-order valence-electron chi connectivity index (χ3n) is 2.04. The second-order valence-corrected chi connectivity index (χ2v) is 3.44. The van der Waals surface area contributed by atoms with Crippen LogP contribution in [0.4, 0.5) is 0 Å². The fourth-order valence-corrected chi connectivity index (χ4v) is 1.48. The Bertz CT molecular complexity index is 412. The number of halogens is 2. The molecule has 0 saturated heterocycles. The molecule has 0 amide bonds. The minimum absolute atomic E-state index is 0. The van der Waals surface area contributed by atoms with Crippen molar-refractivity contribution in [3.63, 3.8) is 0 Å². The van der Waals surface area contributed by atoms with Crippen molar-refractivity contribution in [1.29, 1.82) is 0 Å². The Morgan fingerprint density at radius 3 is 2.80 bits per heavy atom. The fraction of sp³-hybridized carbons (Fsp3) is 0.300. The number of aromatic nitrogens is 2. The molecule has 0 aliphatic carbocycles. The third-order valence-corrected chi connectivity index (χ3v) is 2.04. The van der Waals surface area contributed by atoms with Gasteiger partial charge in [-0.25, -0.2) is 4.98 Å². The van der Waals surface area contributed by atoms with Crippen molar-refractivity contribution in [2.24, 2.45) is 5.73 Å². The smallest absolute Gasteiger partial charge is 0.0931 e. The first kappa shape index (κ1) is 14.2. The van der Waals surface area contributed by atoms with Gasteiger partial charge in [-0.2, -0.15) is 0 Å². The van der Waals surface area contributed by atoms with Crippen molar-refractivity contribution in [2.45, 2.75) is 19.4 Å². The number of nitrogens with two attached hydrogens (primary N) is 1. The van der Waals surface area contributed by atoms with Gasteiger partial charge in [-0.3, -0.25) is 0 Å². The van der Waals surface area contributed by atoms with Gasteiger partial charge in [-0.15, -0.1) is 24.8 Å². The van der Waals surface area contributed by atoms with Crippen LogP contribution in [-0.4, -0.2) is 16.0 Å². The average molecular weight is 248 g/mol. The van der Waals surface area contributed by atoms with Gasteiger partial charge in [-0.05, 0) is 31.0 Å². The van der Waals surface area contributed by atoms with Crippen LogP contribution < -0.4 is 5.73 Å². The van der Waals surface area contributed by atoms with Gasteiger partial charge in [0, 0.05) is 6.04 Å². The number of imidazole rings is 1. The molecule has 15 heavy (non-hydrogen) atoms. The molecule has 2 aromatic rings. The van der Waals surface area contributed by atoms with Gasteiger partial charge in [0.05, 0.1) is 17.4 Å². The number of H-pyrrole nitrogens is 1. The summed E-state index contributed by atoms with van der Waals surface area (Å²) >= 11 is 0. The van der Waals surface area contributed by atoms with Crippen LogP contribution in [0.1, 0.15) is 12.5 Å². The lowest BCUT2D eigenvalue weighted by Crippen LogP contribution is -2.17. The fourth-order valence-electron chi connectivity index (χ4n) is 1.48. The quantitative estimate of drug-likeness (QED) is 0.856. The van der Waals surface area contributed by atoms with Gasteiger partial charge in [0.15, 0.2) is 0 Å². The van der Waals surface area contributed by atoms with Crippen LogP contribution in [0.15, 0.2) is 24.5 Å². The summed E-state index contributed by atoms with van der Waals surface area (Å²) in [6.07, 6.45) is 2.62. The number of aromatic amines is 1. The predicted octanol–water partition coefficient (Wildman–Crippen LogP) is 2.30. The highest BCUT2D eigenvalue weighted by atomic mass is 35.5. The van der Waals surface area contributed by atoms with Crippen LogP contribution >= 0.6 is 24.8 Å². The zero-order valence-electron chi connectivity index (χ0n) is 8.43. The number of rotatable bonds is 2. The molecule has 0 bridgehead atoms. The first-order chi connectivity index (χ1) is 6.25. The predicted molar refractivity (Wildman–Crippen MR) is 67.9 cm³/mol. The van der Waals surface area contributed by atoms with E-state index in [1.807, 2.05) is 13.0 Å². The highest BCUT2D eigenvalue weighted by molar-refractivity contribution is 5.85. The highest BCUT2D eigenvalue weighted by Gasteiger charge is 2.00. The lowest BCUT2D eigenvalue weighted by Gasteiger charge is -2.04. The van der Waals surface area contributed by atoms with Crippen LogP contribution in [0.2, 0.25) is 0 Å². The lowest BCUT2D eigenvalue weighted by molar-refractivity contribution is 0.739. The van der Waals surface area contributed by atoms with Crippen molar-refractivity contribution >= 4 is 35.8 Å². The van der Waals surface area contributed by atoms with Crippen LogP contribution in [0, 0.1) is 0 Å². The van der Waals surface area contributed by atoms with E-state index in [2.05, 4.69) is 22.1 Å². The molecule has 0 fully saturated rings. The summed E-state index contributed by atoms with van der Waals surface area (Å²) in [5.41, 5.74) is 9.06. The van der Waals surface area contributed by atoms with Crippen molar-refractivity contribution < 1.29 is 0 Å². The standard InChI is InChI=1S/C10H13N3.2ClH/c1-7(11)4-8-2-3-9-10(5-8)13-6-12-9;;/h2-3,5-7H,4,11H2,1H3,(H,12,13);2*1H. The summed E-state index contributed by atoms with van der Waals surface area (Å²) in [6.45, 7) is 2.01. The Labute approximate surface area is 101 Å². The van der Waals surface area contributed by atoms with Gasteiger partial charge in [0.1, 0.15) is 0 Å². The molecule has 1 heterocycles. The third kappa shape index (κ3) is 3.38. The Balaban J connectivity index is 0.000000980. The largest absolute Gasteiger partial charge is 0.345 e. The van der Waals surface area contributed by atoms with Gasteiger partial charge in [0.25, 0.3) is 0 Å². The molecule has 1 aromatic carbocycles. The van der Waals surface area contributed by atoms with E-state index in [9.17, 15) is 0 Å². The molecule has 84 valence electrons. The molecular weight excluding hydrogens is 233 g/mol. The molecule has 0 aliphatic heterocycles. The van der Waals surface area contributed by atoms with Crippen molar-refractivity contribution in [3.05, 3.63) is 30.1 Å². The van der Waals surface area contributed by atoms with E-state index in [1.54, 1.807) is 6.33 Å². The topological polar surface area (TPSA) is 54.7 Å². The molecule has 1 aromatic heterocycles. The summed E-state index contributed by atoms with van der Waals surface area (Å²) in [6, 6.07) is 6.40. The number of nitrogens with one attached hydrogen (secondary N) is 1. The van der Waals surface area contributed by atoms with Gasteiger partial charge in [-0.1, -0.05) is 6.07 Å². The van der Waals surface area contributed by atoms with Crippen LogP contribution in [0.3, 0.4) is 0 Å². The van der Waals surface area contributed by atoms with Crippen molar-refractivity contribution in [3.8, 4) is 0 Å². The van der Waals surface area contributed by atoms with E-state index >= 15 is 0 Å². The van der Waals surface area contributed by atoms with Gasteiger partial charge < -0.3 is 10.7 Å². The van der Waals surface area contributed by atoms with Gasteiger partial charge in [0.2, 0.25) is 0 Å². The Morgan fingerprint density at radius 2 is 2.13 bits per heavy atom. The monoisotopic (exact) mass is 247 g/mol. The average Bonchev–Trinajstić information content (AvgIpc) is 2.49. The first-order valence-electron chi connectivity index (χ1n) is 4.43. The number of hydrogen-bond acceptors (Lipinski definition) is 2. The molecule has 3 nitrogen and oxygen atoms in total. The van der Waals surface area contributed by atoms with E-state index < -0.39 is 0 Å². The molecule has 3 N–H and O–H groups in total. The molecular formula is C10H15Cl2N3. The summed E-state index contributed by atoms with van der Waals surface area (Å²) in [5, 5.41) is 0. The minimum Gasteiger partial charge on any atom is -0.345 e. The summed E-state index contributed by atoms with van der Waals surface area (Å²) < 4.78 is 0. The maximum Gasteiger partial charge on any atom is 0.0931 e. The normalized spacial score (nSPS) is 11.6. The molecule has 0 radical (unpaired) electrons. The lowest BCUT2D eigenvalue weighted by atomic mass is 10.1. The second-order valence-electron chi connectivity index (χ2n) is 3.44. The first-order valence-corrected chi connectivity index (χ1v) is 4.43. The van der Waals surface area contributed by atoms with E-state index in [0.29, 0.717) is 0 Å². The maximum atomic E-state index is 5.72.